The normalized spacial score (nSPS) is 25.2. The summed E-state index contributed by atoms with van der Waals surface area (Å²) in [6.45, 7) is 0.606. The van der Waals surface area contributed by atoms with Crippen LogP contribution in [0.3, 0.4) is 0 Å². The van der Waals surface area contributed by atoms with Crippen molar-refractivity contribution in [2.45, 2.75) is 56.5 Å². The number of fused-ring (bicyclic) bond motifs is 1. The van der Waals surface area contributed by atoms with Crippen molar-refractivity contribution in [2.75, 3.05) is 13.1 Å². The van der Waals surface area contributed by atoms with Crippen LogP contribution in [0, 0.1) is 22.7 Å². The molecule has 5 rings (SSSR count). The predicted molar refractivity (Wildman–Crippen MR) is 127 cm³/mol. The summed E-state index contributed by atoms with van der Waals surface area (Å²) < 4.78 is 27.7. The van der Waals surface area contributed by atoms with Gasteiger partial charge in [0.1, 0.15) is 17.8 Å². The number of hydrogen-bond acceptors (Lipinski definition) is 4. The van der Waals surface area contributed by atoms with Gasteiger partial charge in [-0.15, -0.1) is 0 Å². The summed E-state index contributed by atoms with van der Waals surface area (Å²) >= 11 is 6.22. The van der Waals surface area contributed by atoms with Crippen LogP contribution in [0.25, 0.3) is 10.9 Å². The molecule has 1 aromatic carbocycles. The zero-order chi connectivity index (χ0) is 25.7. The Labute approximate surface area is 211 Å². The van der Waals surface area contributed by atoms with Crippen LogP contribution in [0.5, 0.6) is 0 Å². The molecule has 36 heavy (non-hydrogen) atoms. The molecule has 1 spiro atoms. The highest BCUT2D eigenvalue weighted by molar-refractivity contribution is 6.35. The first-order chi connectivity index (χ1) is 17.1. The topological polar surface area (TPSA) is 118 Å². The highest BCUT2D eigenvalue weighted by Crippen LogP contribution is 2.58. The quantitative estimate of drug-likeness (QED) is 0.563. The maximum absolute atomic E-state index is 13.9. The van der Waals surface area contributed by atoms with Gasteiger partial charge in [0, 0.05) is 42.7 Å². The van der Waals surface area contributed by atoms with Crippen molar-refractivity contribution in [3.8, 4) is 6.07 Å². The largest absolute Gasteiger partial charge is 0.356 e. The molecule has 3 N–H and O–H groups in total. The average molecular weight is 518 g/mol. The third-order valence-electron chi connectivity index (χ3n) is 7.57. The second-order valence-corrected chi connectivity index (χ2v) is 10.7. The lowest BCUT2D eigenvalue weighted by atomic mass is 9.65. The highest BCUT2D eigenvalue weighted by atomic mass is 35.5. The molecule has 1 aromatic heterocycles. The van der Waals surface area contributed by atoms with Crippen molar-refractivity contribution in [1.29, 1.82) is 5.26 Å². The van der Waals surface area contributed by atoms with Crippen LogP contribution in [0.15, 0.2) is 24.3 Å². The number of rotatable bonds is 5. The third kappa shape index (κ3) is 4.52. The molecular formula is C25H26ClF2N5O3. The minimum atomic E-state index is -2.82. The summed E-state index contributed by atoms with van der Waals surface area (Å²) in [5.41, 5.74) is -0.0754. The van der Waals surface area contributed by atoms with Crippen molar-refractivity contribution < 1.29 is 23.2 Å². The molecule has 2 aromatic rings. The van der Waals surface area contributed by atoms with Gasteiger partial charge in [0.15, 0.2) is 0 Å². The molecule has 1 saturated carbocycles. The van der Waals surface area contributed by atoms with E-state index in [0.29, 0.717) is 28.9 Å². The Morgan fingerprint density at radius 2 is 2.11 bits per heavy atom. The first-order valence-electron chi connectivity index (χ1n) is 12.0. The van der Waals surface area contributed by atoms with Gasteiger partial charge >= 0.3 is 0 Å². The zero-order valence-corrected chi connectivity index (χ0v) is 20.2. The van der Waals surface area contributed by atoms with Crippen LogP contribution in [0.2, 0.25) is 5.02 Å². The number of carbonyl (C=O) groups is 3. The van der Waals surface area contributed by atoms with E-state index >= 15 is 0 Å². The number of para-hydroxylation sites is 1. The van der Waals surface area contributed by atoms with Crippen LogP contribution < -0.4 is 10.6 Å². The Morgan fingerprint density at radius 3 is 2.78 bits per heavy atom. The molecule has 3 fully saturated rings. The number of aromatic nitrogens is 1. The van der Waals surface area contributed by atoms with Crippen molar-refractivity contribution in [1.82, 2.24) is 20.5 Å². The number of benzene rings is 1. The molecule has 3 heterocycles. The van der Waals surface area contributed by atoms with Crippen LogP contribution in [-0.2, 0) is 9.59 Å². The fraction of sp³-hybridized carbons (Fsp3) is 0.520. The van der Waals surface area contributed by atoms with Crippen LogP contribution in [0.4, 0.5) is 8.78 Å². The smallest absolute Gasteiger partial charge is 0.271 e. The zero-order valence-electron chi connectivity index (χ0n) is 19.5. The van der Waals surface area contributed by atoms with Gasteiger partial charge in [-0.3, -0.25) is 14.4 Å². The monoisotopic (exact) mass is 517 g/mol. The van der Waals surface area contributed by atoms with Gasteiger partial charge < -0.3 is 20.5 Å². The van der Waals surface area contributed by atoms with Crippen molar-refractivity contribution in [3.63, 3.8) is 0 Å². The molecule has 2 aliphatic heterocycles. The lowest BCUT2D eigenvalue weighted by molar-refractivity contribution is -0.155. The summed E-state index contributed by atoms with van der Waals surface area (Å²) in [6.07, 6.45) is 0.863. The molecule has 8 nitrogen and oxygen atoms in total. The summed E-state index contributed by atoms with van der Waals surface area (Å²) in [7, 11) is 0. The molecule has 3 unspecified atom stereocenters. The third-order valence-corrected chi connectivity index (χ3v) is 7.88. The second kappa shape index (κ2) is 9.04. The Balaban J connectivity index is 1.36. The summed E-state index contributed by atoms with van der Waals surface area (Å²) in [4.78, 5) is 43.3. The summed E-state index contributed by atoms with van der Waals surface area (Å²) in [6, 6.07) is 6.93. The van der Waals surface area contributed by atoms with E-state index in [1.807, 2.05) is 6.07 Å². The molecule has 2 saturated heterocycles. The lowest BCUT2D eigenvalue weighted by Gasteiger charge is -2.44. The van der Waals surface area contributed by atoms with E-state index in [9.17, 15) is 28.4 Å². The second-order valence-electron chi connectivity index (χ2n) is 10.3. The first-order valence-corrected chi connectivity index (χ1v) is 12.4. The number of aromatic amines is 1. The molecular weight excluding hydrogens is 492 g/mol. The van der Waals surface area contributed by atoms with E-state index in [0.717, 1.165) is 6.42 Å². The number of nitrogens with zero attached hydrogens (tertiary/aromatic N) is 2. The lowest BCUT2D eigenvalue weighted by Crippen LogP contribution is -2.50. The highest BCUT2D eigenvalue weighted by Gasteiger charge is 2.62. The maximum Gasteiger partial charge on any atom is 0.271 e. The Morgan fingerprint density at radius 1 is 1.33 bits per heavy atom. The van der Waals surface area contributed by atoms with E-state index in [1.54, 1.807) is 24.3 Å². The van der Waals surface area contributed by atoms with E-state index in [-0.39, 0.29) is 31.0 Å². The van der Waals surface area contributed by atoms with E-state index in [2.05, 4.69) is 15.6 Å². The summed E-state index contributed by atoms with van der Waals surface area (Å²) in [5, 5.41) is 16.2. The molecule has 11 heteroatoms. The number of nitrogens with one attached hydrogen (secondary N) is 3. The van der Waals surface area contributed by atoms with E-state index in [4.69, 9.17) is 11.6 Å². The number of alkyl halides is 2. The van der Waals surface area contributed by atoms with Crippen LogP contribution in [-0.4, -0.2) is 58.7 Å². The maximum atomic E-state index is 13.9. The van der Waals surface area contributed by atoms with Gasteiger partial charge in [0.25, 0.3) is 5.91 Å². The fourth-order valence-electron chi connectivity index (χ4n) is 5.95. The van der Waals surface area contributed by atoms with Gasteiger partial charge in [-0.2, -0.15) is 5.26 Å². The van der Waals surface area contributed by atoms with E-state index in [1.165, 1.54) is 4.90 Å². The number of hydrogen-bond donors (Lipinski definition) is 3. The molecule has 3 amide bonds. The number of amides is 3. The standard InChI is InChI=1S/C25H26ClF2N5O3/c26-17-5-1-3-14-8-18(32-20(14)17)23(36)33-13-24(11-25(27,28)12-24)9-19(33)22(35)31-16(10-29)7-15-4-2-6-30-21(15)34/h1,3,5,8,15-16,19,32H,2,4,6-7,9,11-13H2,(H,30,34)(H,31,35). The first kappa shape index (κ1) is 24.5. The van der Waals surface area contributed by atoms with Gasteiger partial charge in [0.2, 0.25) is 17.7 Å². The number of nitriles is 1. The Hall–Kier alpha value is -3.19. The molecule has 3 atom stereocenters. The molecule has 0 radical (unpaired) electrons. The molecule has 1 aliphatic carbocycles. The Kier molecular flexibility index (Phi) is 6.15. The van der Waals surface area contributed by atoms with Gasteiger partial charge in [-0.1, -0.05) is 23.7 Å². The van der Waals surface area contributed by atoms with E-state index < -0.39 is 54.0 Å². The van der Waals surface area contributed by atoms with Crippen molar-refractivity contribution >= 4 is 40.2 Å². The number of H-pyrrole nitrogens is 1. The van der Waals surface area contributed by atoms with Crippen molar-refractivity contribution in [3.05, 3.63) is 35.0 Å². The Bertz CT molecular complexity index is 1260. The van der Waals surface area contributed by atoms with Crippen molar-refractivity contribution in [2.24, 2.45) is 11.3 Å². The number of carbonyl (C=O) groups excluding carboxylic acids is 3. The molecule has 190 valence electrons. The minimum absolute atomic E-state index is 0.0187. The SMILES string of the molecule is N#CC(CC1CCCNC1=O)NC(=O)C1CC2(CN1C(=O)c1cc3cccc(Cl)c3[nH]1)CC(F)(F)C2. The van der Waals surface area contributed by atoms with Gasteiger partial charge in [0.05, 0.1) is 16.6 Å². The number of halogens is 3. The summed E-state index contributed by atoms with van der Waals surface area (Å²) in [5.74, 6) is -4.43. The van der Waals surface area contributed by atoms with Gasteiger partial charge in [-0.25, -0.2) is 8.78 Å². The molecule has 3 aliphatic rings. The van der Waals surface area contributed by atoms with Crippen LogP contribution >= 0.6 is 11.6 Å². The fourth-order valence-corrected chi connectivity index (χ4v) is 6.18. The average Bonchev–Trinajstić information content (AvgIpc) is 3.42. The minimum Gasteiger partial charge on any atom is -0.356 e. The molecule has 0 bridgehead atoms. The van der Waals surface area contributed by atoms with Gasteiger partial charge in [-0.05, 0) is 37.8 Å². The predicted octanol–water partition coefficient (Wildman–Crippen LogP) is 3.38. The van der Waals surface area contributed by atoms with Crippen LogP contribution in [0.1, 0.15) is 49.0 Å². The number of piperidine rings is 1. The number of likely N-dealkylation sites (tertiary alicyclic amines) is 1.